The first-order valence-corrected chi connectivity index (χ1v) is 6.73. The van der Waals surface area contributed by atoms with Gasteiger partial charge in [-0.05, 0) is 17.7 Å². The molecule has 1 aliphatic rings. The number of morpholine rings is 1. The van der Waals surface area contributed by atoms with E-state index in [2.05, 4.69) is 4.98 Å². The number of H-pyrrole nitrogens is 1. The van der Waals surface area contributed by atoms with Crippen molar-refractivity contribution in [3.8, 4) is 0 Å². The number of rotatable bonds is 2. The van der Waals surface area contributed by atoms with Gasteiger partial charge in [0.1, 0.15) is 0 Å². The lowest BCUT2D eigenvalue weighted by atomic mass is 10.1. The number of nitrogens with zero attached hydrogens (tertiary/aromatic N) is 1. The van der Waals surface area contributed by atoms with Crippen LogP contribution in [0.1, 0.15) is 5.56 Å². The second kappa shape index (κ2) is 5.23. The summed E-state index contributed by atoms with van der Waals surface area (Å²) in [5.74, 6) is 0.152. The van der Waals surface area contributed by atoms with Crippen molar-refractivity contribution >= 4 is 28.4 Å². The highest BCUT2D eigenvalue weighted by molar-refractivity contribution is 6.31. The monoisotopic (exact) mass is 278 g/mol. The predicted molar refractivity (Wildman–Crippen MR) is 74.4 cm³/mol. The molecule has 1 amide bonds. The molecule has 0 atom stereocenters. The summed E-state index contributed by atoms with van der Waals surface area (Å²) in [7, 11) is 0. The van der Waals surface area contributed by atoms with Gasteiger partial charge in [0.05, 0.1) is 19.6 Å². The van der Waals surface area contributed by atoms with Crippen molar-refractivity contribution in [1.29, 1.82) is 0 Å². The fourth-order valence-corrected chi connectivity index (χ4v) is 2.56. The highest BCUT2D eigenvalue weighted by Gasteiger charge is 2.18. The van der Waals surface area contributed by atoms with Crippen LogP contribution in [0.2, 0.25) is 5.02 Å². The van der Waals surface area contributed by atoms with E-state index in [-0.39, 0.29) is 5.91 Å². The number of benzene rings is 1. The average molecular weight is 279 g/mol. The van der Waals surface area contributed by atoms with E-state index >= 15 is 0 Å². The largest absolute Gasteiger partial charge is 0.378 e. The Hall–Kier alpha value is -1.52. The molecule has 0 bridgehead atoms. The molecule has 2 heterocycles. The molecule has 0 radical (unpaired) electrons. The number of amides is 1. The zero-order chi connectivity index (χ0) is 13.2. The van der Waals surface area contributed by atoms with Crippen LogP contribution in [0.4, 0.5) is 0 Å². The third-order valence-corrected chi connectivity index (χ3v) is 3.67. The maximum atomic E-state index is 12.2. The molecule has 1 aromatic carbocycles. The highest BCUT2D eigenvalue weighted by atomic mass is 35.5. The van der Waals surface area contributed by atoms with E-state index in [1.165, 1.54) is 0 Å². The Labute approximate surface area is 116 Å². The molecule has 0 saturated carbocycles. The molecule has 1 aromatic heterocycles. The van der Waals surface area contributed by atoms with E-state index in [9.17, 15) is 4.79 Å². The number of ether oxygens (including phenoxy) is 1. The maximum Gasteiger partial charge on any atom is 0.227 e. The number of halogens is 1. The van der Waals surface area contributed by atoms with E-state index in [1.54, 1.807) is 0 Å². The number of carbonyl (C=O) groups is 1. The molecule has 0 unspecified atom stereocenters. The van der Waals surface area contributed by atoms with Gasteiger partial charge in [-0.2, -0.15) is 0 Å². The average Bonchev–Trinajstić information content (AvgIpc) is 2.82. The van der Waals surface area contributed by atoms with Gasteiger partial charge in [0.2, 0.25) is 5.91 Å². The third kappa shape index (κ3) is 2.60. The maximum absolute atomic E-state index is 12.2. The summed E-state index contributed by atoms with van der Waals surface area (Å²) in [5, 5.41) is 1.76. The van der Waals surface area contributed by atoms with Crippen molar-refractivity contribution < 1.29 is 9.53 Å². The van der Waals surface area contributed by atoms with Gasteiger partial charge >= 0.3 is 0 Å². The van der Waals surface area contributed by atoms with Crippen molar-refractivity contribution in [1.82, 2.24) is 9.88 Å². The summed E-state index contributed by atoms with van der Waals surface area (Å²) in [6.07, 6.45) is 2.31. The molecule has 19 heavy (non-hydrogen) atoms. The van der Waals surface area contributed by atoms with Crippen LogP contribution in [0.3, 0.4) is 0 Å². The van der Waals surface area contributed by atoms with E-state index in [0.29, 0.717) is 37.7 Å². The van der Waals surface area contributed by atoms with Gasteiger partial charge in [0, 0.05) is 35.2 Å². The van der Waals surface area contributed by atoms with Gasteiger partial charge in [0.15, 0.2) is 0 Å². The summed E-state index contributed by atoms with van der Waals surface area (Å²) in [6, 6.07) is 5.68. The fraction of sp³-hybridized carbons (Fsp3) is 0.357. The Kier molecular flexibility index (Phi) is 3.44. The van der Waals surface area contributed by atoms with Crippen LogP contribution in [-0.4, -0.2) is 42.1 Å². The van der Waals surface area contributed by atoms with Crippen LogP contribution < -0.4 is 0 Å². The number of nitrogens with one attached hydrogen (secondary N) is 1. The highest BCUT2D eigenvalue weighted by Crippen LogP contribution is 2.22. The van der Waals surface area contributed by atoms with Crippen LogP contribution in [-0.2, 0) is 16.0 Å². The van der Waals surface area contributed by atoms with Crippen LogP contribution >= 0.6 is 11.6 Å². The Bertz CT molecular complexity index is 603. The first-order valence-electron chi connectivity index (χ1n) is 6.35. The van der Waals surface area contributed by atoms with Crippen LogP contribution in [0.15, 0.2) is 24.4 Å². The number of carbonyl (C=O) groups excluding carboxylic acids is 1. The molecule has 4 nitrogen and oxygen atoms in total. The van der Waals surface area contributed by atoms with Crippen molar-refractivity contribution in [2.24, 2.45) is 0 Å². The number of hydrogen-bond donors (Lipinski definition) is 1. The lowest BCUT2D eigenvalue weighted by Crippen LogP contribution is -2.41. The molecular formula is C14H15ClN2O2. The number of fused-ring (bicyclic) bond motifs is 1. The topological polar surface area (TPSA) is 45.3 Å². The molecule has 100 valence electrons. The minimum absolute atomic E-state index is 0.152. The normalized spacial score (nSPS) is 15.9. The van der Waals surface area contributed by atoms with Gasteiger partial charge in [-0.3, -0.25) is 4.79 Å². The molecule has 3 rings (SSSR count). The van der Waals surface area contributed by atoms with Crippen molar-refractivity contribution in [3.63, 3.8) is 0 Å². The Morgan fingerprint density at radius 1 is 1.37 bits per heavy atom. The van der Waals surface area contributed by atoms with E-state index in [0.717, 1.165) is 16.5 Å². The minimum Gasteiger partial charge on any atom is -0.378 e. The summed E-state index contributed by atoms with van der Waals surface area (Å²) in [5.41, 5.74) is 1.99. The molecule has 0 aliphatic carbocycles. The first-order chi connectivity index (χ1) is 9.24. The second-order valence-electron chi connectivity index (χ2n) is 4.67. The summed E-state index contributed by atoms with van der Waals surface area (Å²) >= 11 is 5.95. The van der Waals surface area contributed by atoms with Gasteiger partial charge in [0.25, 0.3) is 0 Å². The van der Waals surface area contributed by atoms with Crippen LogP contribution in [0, 0.1) is 0 Å². The first kappa shape index (κ1) is 12.5. The molecule has 5 heteroatoms. The summed E-state index contributed by atoms with van der Waals surface area (Å²) < 4.78 is 5.25. The molecule has 1 saturated heterocycles. The molecule has 0 spiro atoms. The standard InChI is InChI=1S/C14H15ClN2O2/c15-11-1-2-12-10(9-16-13(12)8-11)7-14(18)17-3-5-19-6-4-17/h1-2,8-9,16H,3-7H2. The number of hydrogen-bond acceptors (Lipinski definition) is 2. The molecule has 1 fully saturated rings. The Balaban J connectivity index is 1.79. The van der Waals surface area contributed by atoms with E-state index in [1.807, 2.05) is 29.3 Å². The second-order valence-corrected chi connectivity index (χ2v) is 5.11. The molecule has 2 aromatic rings. The number of aromatic amines is 1. The van der Waals surface area contributed by atoms with Crippen molar-refractivity contribution in [2.45, 2.75) is 6.42 Å². The quantitative estimate of drug-likeness (QED) is 0.916. The lowest BCUT2D eigenvalue weighted by molar-refractivity contribution is -0.134. The Morgan fingerprint density at radius 3 is 2.95 bits per heavy atom. The summed E-state index contributed by atoms with van der Waals surface area (Å²) in [4.78, 5) is 17.2. The molecule has 1 N–H and O–H groups in total. The molecular weight excluding hydrogens is 264 g/mol. The fourth-order valence-electron chi connectivity index (χ4n) is 2.39. The number of aromatic nitrogens is 1. The van der Waals surface area contributed by atoms with Crippen molar-refractivity contribution in [3.05, 3.63) is 35.0 Å². The third-order valence-electron chi connectivity index (χ3n) is 3.43. The zero-order valence-corrected chi connectivity index (χ0v) is 11.2. The lowest BCUT2D eigenvalue weighted by Gasteiger charge is -2.26. The van der Waals surface area contributed by atoms with E-state index < -0.39 is 0 Å². The van der Waals surface area contributed by atoms with Gasteiger partial charge < -0.3 is 14.6 Å². The van der Waals surface area contributed by atoms with Gasteiger partial charge in [-0.1, -0.05) is 17.7 Å². The van der Waals surface area contributed by atoms with Crippen LogP contribution in [0.5, 0.6) is 0 Å². The van der Waals surface area contributed by atoms with Crippen molar-refractivity contribution in [2.75, 3.05) is 26.3 Å². The molecule has 1 aliphatic heterocycles. The zero-order valence-electron chi connectivity index (χ0n) is 10.5. The SMILES string of the molecule is O=C(Cc1c[nH]c2cc(Cl)ccc12)N1CCOCC1. The van der Waals surface area contributed by atoms with Crippen LogP contribution in [0.25, 0.3) is 10.9 Å². The summed E-state index contributed by atoms with van der Waals surface area (Å²) in [6.45, 7) is 2.64. The van der Waals surface area contributed by atoms with E-state index in [4.69, 9.17) is 16.3 Å². The van der Waals surface area contributed by atoms with Gasteiger partial charge in [-0.15, -0.1) is 0 Å². The van der Waals surface area contributed by atoms with Gasteiger partial charge in [-0.25, -0.2) is 0 Å². The Morgan fingerprint density at radius 2 is 2.16 bits per heavy atom. The smallest absolute Gasteiger partial charge is 0.227 e. The predicted octanol–water partition coefficient (Wildman–Crippen LogP) is 2.22. The minimum atomic E-state index is 0.152.